The number of nitrogens with one attached hydrogen (secondary N) is 1. The Kier molecular flexibility index (Phi) is 4.27. The third-order valence-corrected chi connectivity index (χ3v) is 5.71. The van der Waals surface area contributed by atoms with E-state index in [2.05, 4.69) is 5.32 Å². The van der Waals surface area contributed by atoms with Gasteiger partial charge in [-0.05, 0) is 38.8 Å². The van der Waals surface area contributed by atoms with Gasteiger partial charge in [-0.15, -0.1) is 0 Å². The SMILES string of the molecule is CC1CS(=O)(=O)CCN1C(=O)CC1CCNCC1. The van der Waals surface area contributed by atoms with Crippen LogP contribution in [0.3, 0.4) is 0 Å². The number of nitrogens with zero attached hydrogens (tertiary/aromatic N) is 1. The molecule has 0 aromatic rings. The minimum Gasteiger partial charge on any atom is -0.338 e. The van der Waals surface area contributed by atoms with E-state index in [1.807, 2.05) is 6.92 Å². The van der Waals surface area contributed by atoms with Crippen LogP contribution in [0.2, 0.25) is 0 Å². The summed E-state index contributed by atoms with van der Waals surface area (Å²) in [5.41, 5.74) is 0. The van der Waals surface area contributed by atoms with E-state index >= 15 is 0 Å². The lowest BCUT2D eigenvalue weighted by atomic mass is 9.94. The van der Waals surface area contributed by atoms with Gasteiger partial charge in [-0.1, -0.05) is 0 Å². The lowest BCUT2D eigenvalue weighted by Crippen LogP contribution is -2.50. The van der Waals surface area contributed by atoms with Crippen molar-refractivity contribution in [1.29, 1.82) is 0 Å². The molecule has 0 aliphatic carbocycles. The second-order valence-electron chi connectivity index (χ2n) is 5.45. The lowest BCUT2D eigenvalue weighted by Gasteiger charge is -2.34. The second kappa shape index (κ2) is 5.57. The largest absolute Gasteiger partial charge is 0.338 e. The van der Waals surface area contributed by atoms with Gasteiger partial charge in [0, 0.05) is 19.0 Å². The smallest absolute Gasteiger partial charge is 0.223 e. The Morgan fingerprint density at radius 1 is 1.33 bits per heavy atom. The van der Waals surface area contributed by atoms with E-state index in [0.717, 1.165) is 25.9 Å². The van der Waals surface area contributed by atoms with E-state index in [-0.39, 0.29) is 23.5 Å². The van der Waals surface area contributed by atoms with E-state index in [4.69, 9.17) is 0 Å². The summed E-state index contributed by atoms with van der Waals surface area (Å²) in [4.78, 5) is 14.0. The van der Waals surface area contributed by atoms with Crippen molar-refractivity contribution in [1.82, 2.24) is 10.2 Å². The molecular weight excluding hydrogens is 252 g/mol. The minimum atomic E-state index is -2.94. The Morgan fingerprint density at radius 3 is 2.61 bits per heavy atom. The van der Waals surface area contributed by atoms with Gasteiger partial charge in [0.15, 0.2) is 9.84 Å². The molecule has 5 nitrogen and oxygen atoms in total. The van der Waals surface area contributed by atoms with Gasteiger partial charge in [0.25, 0.3) is 0 Å². The summed E-state index contributed by atoms with van der Waals surface area (Å²) >= 11 is 0. The first-order chi connectivity index (χ1) is 8.48. The maximum absolute atomic E-state index is 12.2. The average Bonchev–Trinajstić information content (AvgIpc) is 2.28. The Hall–Kier alpha value is -0.620. The summed E-state index contributed by atoms with van der Waals surface area (Å²) < 4.78 is 22.9. The number of hydrogen-bond donors (Lipinski definition) is 1. The van der Waals surface area contributed by atoms with Gasteiger partial charge in [-0.3, -0.25) is 4.79 Å². The van der Waals surface area contributed by atoms with Gasteiger partial charge < -0.3 is 10.2 Å². The van der Waals surface area contributed by atoms with Crippen LogP contribution in [0, 0.1) is 5.92 Å². The zero-order valence-electron chi connectivity index (χ0n) is 10.9. The Balaban J connectivity index is 1.89. The molecule has 1 atom stereocenters. The van der Waals surface area contributed by atoms with Crippen LogP contribution < -0.4 is 5.32 Å². The topological polar surface area (TPSA) is 66.5 Å². The highest BCUT2D eigenvalue weighted by Crippen LogP contribution is 2.20. The lowest BCUT2D eigenvalue weighted by molar-refractivity contribution is -0.133. The molecule has 1 amide bonds. The quantitative estimate of drug-likeness (QED) is 0.771. The summed E-state index contributed by atoms with van der Waals surface area (Å²) in [5.74, 6) is 0.828. The number of amides is 1. The van der Waals surface area contributed by atoms with Gasteiger partial charge in [0.2, 0.25) is 5.91 Å². The molecule has 2 heterocycles. The van der Waals surface area contributed by atoms with Gasteiger partial charge in [0.1, 0.15) is 0 Å². The van der Waals surface area contributed by atoms with Gasteiger partial charge in [-0.25, -0.2) is 8.42 Å². The van der Waals surface area contributed by atoms with Crippen molar-refractivity contribution in [3.8, 4) is 0 Å². The van der Waals surface area contributed by atoms with Crippen LogP contribution in [0.25, 0.3) is 0 Å². The third kappa shape index (κ3) is 3.45. The van der Waals surface area contributed by atoms with Crippen LogP contribution in [0.5, 0.6) is 0 Å². The van der Waals surface area contributed by atoms with Crippen LogP contribution >= 0.6 is 0 Å². The van der Waals surface area contributed by atoms with Crippen molar-refractivity contribution in [3.63, 3.8) is 0 Å². The van der Waals surface area contributed by atoms with E-state index < -0.39 is 9.84 Å². The van der Waals surface area contributed by atoms with Crippen molar-refractivity contribution in [2.24, 2.45) is 5.92 Å². The molecule has 104 valence electrons. The molecule has 0 aromatic carbocycles. The van der Waals surface area contributed by atoms with Gasteiger partial charge in [0.05, 0.1) is 11.5 Å². The van der Waals surface area contributed by atoms with Crippen molar-refractivity contribution in [2.45, 2.75) is 32.2 Å². The Morgan fingerprint density at radius 2 is 2.00 bits per heavy atom. The maximum Gasteiger partial charge on any atom is 0.223 e. The molecule has 0 spiro atoms. The number of carbonyl (C=O) groups excluding carboxylic acids is 1. The molecule has 18 heavy (non-hydrogen) atoms. The normalized spacial score (nSPS) is 29.2. The third-order valence-electron chi connectivity index (χ3n) is 3.91. The molecule has 0 radical (unpaired) electrons. The second-order valence-corrected chi connectivity index (χ2v) is 7.68. The van der Waals surface area contributed by atoms with Crippen molar-refractivity contribution < 1.29 is 13.2 Å². The molecule has 0 aromatic heterocycles. The number of hydrogen-bond acceptors (Lipinski definition) is 4. The maximum atomic E-state index is 12.2. The first-order valence-corrected chi connectivity index (χ1v) is 8.51. The van der Waals surface area contributed by atoms with E-state index in [9.17, 15) is 13.2 Å². The van der Waals surface area contributed by atoms with E-state index in [1.54, 1.807) is 4.90 Å². The number of piperidine rings is 1. The monoisotopic (exact) mass is 274 g/mol. The summed E-state index contributed by atoms with van der Waals surface area (Å²) in [6, 6.07) is -0.169. The predicted octanol–water partition coefficient (Wildman–Crippen LogP) is 0.0216. The van der Waals surface area contributed by atoms with Crippen LogP contribution in [-0.4, -0.2) is 56.4 Å². The summed E-state index contributed by atoms with van der Waals surface area (Å²) in [7, 11) is -2.94. The zero-order chi connectivity index (χ0) is 13.2. The highest BCUT2D eigenvalue weighted by Gasteiger charge is 2.32. The van der Waals surface area contributed by atoms with Gasteiger partial charge >= 0.3 is 0 Å². The van der Waals surface area contributed by atoms with Crippen molar-refractivity contribution >= 4 is 15.7 Å². The molecule has 2 rings (SSSR count). The fraction of sp³-hybridized carbons (Fsp3) is 0.917. The molecule has 1 N–H and O–H groups in total. The highest BCUT2D eigenvalue weighted by molar-refractivity contribution is 7.91. The zero-order valence-corrected chi connectivity index (χ0v) is 11.7. The summed E-state index contributed by atoms with van der Waals surface area (Å²) in [5, 5.41) is 3.28. The van der Waals surface area contributed by atoms with E-state index in [0.29, 0.717) is 18.9 Å². The number of sulfone groups is 1. The molecule has 6 heteroatoms. The fourth-order valence-electron chi connectivity index (χ4n) is 2.82. The minimum absolute atomic E-state index is 0.116. The molecule has 1 unspecified atom stereocenters. The Labute approximate surface area is 109 Å². The molecule has 2 aliphatic rings. The number of carbonyl (C=O) groups is 1. The molecule has 0 saturated carbocycles. The number of rotatable bonds is 2. The van der Waals surface area contributed by atoms with Crippen LogP contribution in [0.4, 0.5) is 0 Å². The average molecular weight is 274 g/mol. The molecule has 2 fully saturated rings. The van der Waals surface area contributed by atoms with Gasteiger partial charge in [-0.2, -0.15) is 0 Å². The first kappa shape index (κ1) is 13.8. The van der Waals surface area contributed by atoms with Crippen LogP contribution in [-0.2, 0) is 14.6 Å². The standard InChI is InChI=1S/C12H22N2O3S/c1-10-9-18(16,17)7-6-14(10)12(15)8-11-2-4-13-5-3-11/h10-11,13H,2-9H2,1H3. The van der Waals surface area contributed by atoms with Crippen molar-refractivity contribution in [3.05, 3.63) is 0 Å². The Bertz CT molecular complexity index is 402. The molecule has 2 aliphatic heterocycles. The fourth-order valence-corrected chi connectivity index (χ4v) is 4.38. The summed E-state index contributed by atoms with van der Waals surface area (Å²) in [6.07, 6.45) is 2.67. The highest BCUT2D eigenvalue weighted by atomic mass is 32.2. The van der Waals surface area contributed by atoms with Crippen molar-refractivity contribution in [2.75, 3.05) is 31.1 Å². The predicted molar refractivity (Wildman–Crippen MR) is 70.0 cm³/mol. The molecule has 0 bridgehead atoms. The summed E-state index contributed by atoms with van der Waals surface area (Å²) in [6.45, 7) is 4.17. The van der Waals surface area contributed by atoms with Crippen LogP contribution in [0.15, 0.2) is 0 Å². The van der Waals surface area contributed by atoms with Crippen LogP contribution in [0.1, 0.15) is 26.2 Å². The molecular formula is C12H22N2O3S. The first-order valence-electron chi connectivity index (χ1n) is 6.68. The molecule has 2 saturated heterocycles. The van der Waals surface area contributed by atoms with E-state index in [1.165, 1.54) is 0 Å².